The van der Waals surface area contributed by atoms with Crippen molar-refractivity contribution in [2.45, 2.75) is 31.7 Å². The molecule has 1 amide bonds. The molecule has 5 rings (SSSR count). The number of halogens is 1. The summed E-state index contributed by atoms with van der Waals surface area (Å²) >= 11 is 3.68. The van der Waals surface area contributed by atoms with Crippen LogP contribution < -0.4 is 5.73 Å². The van der Waals surface area contributed by atoms with E-state index < -0.39 is 5.91 Å². The zero-order valence-corrected chi connectivity index (χ0v) is 17.0. The summed E-state index contributed by atoms with van der Waals surface area (Å²) in [6, 6.07) is 14.4. The summed E-state index contributed by atoms with van der Waals surface area (Å²) in [5.74, 6) is 0.103. The number of benzene rings is 2. The molecule has 140 valence electrons. The van der Waals surface area contributed by atoms with Gasteiger partial charge < -0.3 is 5.73 Å². The van der Waals surface area contributed by atoms with Gasteiger partial charge in [0.05, 0.1) is 23.1 Å². The van der Waals surface area contributed by atoms with Crippen LogP contribution in [0, 0.1) is 0 Å². The molecule has 0 bridgehead atoms. The molecule has 2 heterocycles. The molecular formula is C22H19BrN4O. The van der Waals surface area contributed by atoms with Gasteiger partial charge in [0.25, 0.3) is 5.91 Å². The summed E-state index contributed by atoms with van der Waals surface area (Å²) in [7, 11) is 0. The van der Waals surface area contributed by atoms with Crippen LogP contribution in [0.15, 0.2) is 58.3 Å². The number of hydrogen-bond acceptors (Lipinski definition) is 3. The lowest BCUT2D eigenvalue weighted by Gasteiger charge is -2.14. The van der Waals surface area contributed by atoms with Gasteiger partial charge in [-0.1, -0.05) is 40.2 Å². The highest BCUT2D eigenvalue weighted by molar-refractivity contribution is 9.10. The fourth-order valence-electron chi connectivity index (χ4n) is 3.96. The average Bonchev–Trinajstić information content (AvgIpc) is 3.45. The van der Waals surface area contributed by atoms with Crippen LogP contribution in [0.25, 0.3) is 5.69 Å². The number of primary amides is 1. The Bertz CT molecular complexity index is 1140. The molecular weight excluding hydrogens is 416 g/mol. The quantitative estimate of drug-likeness (QED) is 0.657. The maximum Gasteiger partial charge on any atom is 0.269 e. The number of aliphatic imine (C=N–C) groups is 1. The first-order valence-electron chi connectivity index (χ1n) is 9.39. The van der Waals surface area contributed by atoms with E-state index in [9.17, 15) is 4.79 Å². The lowest BCUT2D eigenvalue weighted by molar-refractivity contribution is 0.0994. The van der Waals surface area contributed by atoms with E-state index in [0.717, 1.165) is 32.7 Å². The highest BCUT2D eigenvalue weighted by atomic mass is 79.9. The first-order valence-corrected chi connectivity index (χ1v) is 10.2. The van der Waals surface area contributed by atoms with Gasteiger partial charge in [-0.15, -0.1) is 0 Å². The summed E-state index contributed by atoms with van der Waals surface area (Å²) in [5, 5.41) is 0. The number of fused-ring (bicyclic) bond motifs is 3. The molecule has 1 fully saturated rings. The number of hydrogen-bond donors (Lipinski definition) is 1. The molecule has 1 atom stereocenters. The highest BCUT2D eigenvalue weighted by Gasteiger charge is 2.30. The minimum atomic E-state index is -0.531. The van der Waals surface area contributed by atoms with Gasteiger partial charge in [-0.05, 0) is 49.4 Å². The number of imidazole rings is 1. The van der Waals surface area contributed by atoms with Gasteiger partial charge in [-0.25, -0.2) is 4.98 Å². The number of nitrogens with two attached hydrogens (primary N) is 1. The summed E-state index contributed by atoms with van der Waals surface area (Å²) in [6.45, 7) is 1.98. The first kappa shape index (κ1) is 17.4. The van der Waals surface area contributed by atoms with Crippen LogP contribution in [0.5, 0.6) is 0 Å². The van der Waals surface area contributed by atoms with Crippen LogP contribution in [0.2, 0.25) is 0 Å². The molecule has 0 saturated heterocycles. The van der Waals surface area contributed by atoms with Crippen LogP contribution in [0.4, 0.5) is 0 Å². The van der Waals surface area contributed by atoms with Crippen LogP contribution in [-0.2, 0) is 0 Å². The van der Waals surface area contributed by atoms with E-state index in [1.165, 1.54) is 18.4 Å². The van der Waals surface area contributed by atoms with Crippen LogP contribution in [0.3, 0.4) is 0 Å². The fourth-order valence-corrected chi connectivity index (χ4v) is 4.43. The Labute approximate surface area is 171 Å². The number of amides is 1. The standard InChI is InChI=1S/C22H19BrN4O/c1-12-21-20(22(24)28)25-11-27(21)18-9-8-14(13-6-7-13)10-16(18)19(26-12)15-4-2-3-5-17(15)23/h2-5,8-13H,6-7H2,1H3,(H2,24,28)/t12-/m1/s1. The lowest BCUT2D eigenvalue weighted by Crippen LogP contribution is -2.15. The van der Waals surface area contributed by atoms with Crippen LogP contribution in [0.1, 0.15) is 64.6 Å². The Morgan fingerprint density at radius 2 is 1.96 bits per heavy atom. The van der Waals surface area contributed by atoms with Crippen LogP contribution in [-0.4, -0.2) is 21.2 Å². The molecule has 0 unspecified atom stereocenters. The van der Waals surface area contributed by atoms with Crippen molar-refractivity contribution < 1.29 is 4.79 Å². The molecule has 1 aliphatic carbocycles. The van der Waals surface area contributed by atoms with E-state index >= 15 is 0 Å². The molecule has 28 heavy (non-hydrogen) atoms. The van der Waals surface area contributed by atoms with Crippen LogP contribution >= 0.6 is 15.9 Å². The second kappa shape index (κ2) is 6.41. The Balaban J connectivity index is 1.81. The number of aromatic nitrogens is 2. The monoisotopic (exact) mass is 434 g/mol. The summed E-state index contributed by atoms with van der Waals surface area (Å²) in [5.41, 5.74) is 11.9. The largest absolute Gasteiger partial charge is 0.364 e. The third kappa shape index (κ3) is 2.71. The Morgan fingerprint density at radius 1 is 1.18 bits per heavy atom. The second-order valence-corrected chi connectivity index (χ2v) is 8.25. The Kier molecular flexibility index (Phi) is 3.98. The van der Waals surface area contributed by atoms with Gasteiger partial charge >= 0.3 is 0 Å². The third-order valence-corrected chi connectivity index (χ3v) is 6.16. The molecule has 6 heteroatoms. The number of rotatable bonds is 3. The fraction of sp³-hybridized carbons (Fsp3) is 0.227. The normalized spacial score (nSPS) is 18.1. The smallest absolute Gasteiger partial charge is 0.269 e. The van der Waals surface area contributed by atoms with Crippen molar-refractivity contribution >= 4 is 27.5 Å². The van der Waals surface area contributed by atoms with Gasteiger partial charge in [0, 0.05) is 15.6 Å². The minimum Gasteiger partial charge on any atom is -0.364 e. The predicted octanol–water partition coefficient (Wildman–Crippen LogP) is 4.52. The molecule has 5 nitrogen and oxygen atoms in total. The molecule has 2 aromatic carbocycles. The third-order valence-electron chi connectivity index (χ3n) is 5.47. The molecule has 3 aromatic rings. The second-order valence-electron chi connectivity index (χ2n) is 7.40. The van der Waals surface area contributed by atoms with Gasteiger partial charge in [-0.3, -0.25) is 14.4 Å². The van der Waals surface area contributed by atoms with Gasteiger partial charge in [0.1, 0.15) is 6.33 Å². The van der Waals surface area contributed by atoms with Gasteiger partial charge in [0.15, 0.2) is 5.69 Å². The number of carbonyl (C=O) groups excluding carboxylic acids is 1. The van der Waals surface area contributed by atoms with Crippen molar-refractivity contribution in [3.8, 4) is 5.69 Å². The summed E-state index contributed by atoms with van der Waals surface area (Å²) in [6.07, 6.45) is 4.15. The Hall–Kier alpha value is -2.73. The molecule has 1 saturated carbocycles. The summed E-state index contributed by atoms with van der Waals surface area (Å²) in [4.78, 5) is 21.3. The predicted molar refractivity (Wildman–Crippen MR) is 112 cm³/mol. The van der Waals surface area contributed by atoms with Crippen molar-refractivity contribution in [2.75, 3.05) is 0 Å². The van der Waals surface area contributed by atoms with E-state index in [-0.39, 0.29) is 11.7 Å². The molecule has 2 N–H and O–H groups in total. The minimum absolute atomic E-state index is 0.260. The van der Waals surface area contributed by atoms with Crippen molar-refractivity contribution in [3.63, 3.8) is 0 Å². The molecule has 1 aromatic heterocycles. The van der Waals surface area contributed by atoms with E-state index in [2.05, 4.69) is 45.2 Å². The number of nitrogens with zero attached hydrogens (tertiary/aromatic N) is 3. The lowest BCUT2D eigenvalue weighted by atomic mass is 9.97. The average molecular weight is 435 g/mol. The van der Waals surface area contributed by atoms with Crippen molar-refractivity contribution in [2.24, 2.45) is 10.7 Å². The Morgan fingerprint density at radius 3 is 2.68 bits per heavy atom. The maximum absolute atomic E-state index is 12.0. The van der Waals surface area contributed by atoms with Crippen molar-refractivity contribution in [1.29, 1.82) is 0 Å². The van der Waals surface area contributed by atoms with E-state index in [1.807, 2.05) is 29.7 Å². The maximum atomic E-state index is 12.0. The molecule has 0 radical (unpaired) electrons. The van der Waals surface area contributed by atoms with Crippen molar-refractivity contribution in [3.05, 3.63) is 81.3 Å². The number of carbonyl (C=O) groups is 1. The molecule has 2 aliphatic rings. The SMILES string of the molecule is C[C@H]1N=C(c2ccccc2Br)c2cc(C3CC3)ccc2-n2cnc(C(N)=O)c21. The van der Waals surface area contributed by atoms with E-state index in [4.69, 9.17) is 10.7 Å². The molecule has 0 spiro atoms. The molecule has 1 aliphatic heterocycles. The first-order chi connectivity index (χ1) is 13.5. The highest BCUT2D eigenvalue weighted by Crippen LogP contribution is 2.42. The van der Waals surface area contributed by atoms with Gasteiger partial charge in [0.2, 0.25) is 0 Å². The topological polar surface area (TPSA) is 73.3 Å². The summed E-state index contributed by atoms with van der Waals surface area (Å²) < 4.78 is 2.95. The zero-order valence-electron chi connectivity index (χ0n) is 15.4. The van der Waals surface area contributed by atoms with E-state index in [1.54, 1.807) is 6.33 Å². The van der Waals surface area contributed by atoms with E-state index in [0.29, 0.717) is 5.92 Å². The zero-order chi connectivity index (χ0) is 19.4. The van der Waals surface area contributed by atoms with Crippen molar-refractivity contribution in [1.82, 2.24) is 9.55 Å². The van der Waals surface area contributed by atoms with Gasteiger partial charge in [-0.2, -0.15) is 0 Å².